The first kappa shape index (κ1) is 12.6. The second-order valence-corrected chi connectivity index (χ2v) is 3.84. The van der Waals surface area contributed by atoms with E-state index in [1.807, 2.05) is 6.92 Å². The molecular formula is C11H16N2O3. The van der Waals surface area contributed by atoms with Crippen LogP contribution in [0, 0.1) is 17.0 Å². The minimum atomic E-state index is -0.386. The van der Waals surface area contributed by atoms with Gasteiger partial charge in [0.1, 0.15) is 0 Å². The quantitative estimate of drug-likeness (QED) is 0.585. The van der Waals surface area contributed by atoms with Crippen molar-refractivity contribution in [1.82, 2.24) is 5.32 Å². The molecule has 0 unspecified atom stereocenters. The molecule has 0 spiro atoms. The second-order valence-electron chi connectivity index (χ2n) is 3.84. The zero-order chi connectivity index (χ0) is 12.1. The number of hydrogen-bond acceptors (Lipinski definition) is 4. The highest BCUT2D eigenvalue weighted by Crippen LogP contribution is 2.18. The lowest BCUT2D eigenvalue weighted by molar-refractivity contribution is -0.385. The molecule has 0 aliphatic rings. The number of nitro groups is 1. The first-order valence-corrected chi connectivity index (χ1v) is 5.12. The molecule has 1 atom stereocenters. The number of nitrogens with one attached hydrogen (secondary N) is 1. The van der Waals surface area contributed by atoms with Crippen LogP contribution in [0.2, 0.25) is 0 Å². The van der Waals surface area contributed by atoms with Crippen molar-refractivity contribution in [2.45, 2.75) is 26.4 Å². The van der Waals surface area contributed by atoms with Crippen molar-refractivity contribution in [3.05, 3.63) is 39.4 Å². The summed E-state index contributed by atoms with van der Waals surface area (Å²) in [5.41, 5.74) is 1.77. The maximum absolute atomic E-state index is 10.6. The van der Waals surface area contributed by atoms with E-state index >= 15 is 0 Å². The van der Waals surface area contributed by atoms with Crippen LogP contribution >= 0.6 is 0 Å². The smallest absolute Gasteiger partial charge is 0.272 e. The fraction of sp³-hybridized carbons (Fsp3) is 0.455. The molecular weight excluding hydrogens is 208 g/mol. The molecule has 0 aromatic heterocycles. The van der Waals surface area contributed by atoms with Gasteiger partial charge >= 0.3 is 0 Å². The number of aryl methyl sites for hydroxylation is 1. The Morgan fingerprint density at radius 1 is 1.56 bits per heavy atom. The van der Waals surface area contributed by atoms with Gasteiger partial charge in [-0.3, -0.25) is 10.1 Å². The first-order valence-electron chi connectivity index (χ1n) is 5.12. The fourth-order valence-electron chi connectivity index (χ4n) is 1.39. The lowest BCUT2D eigenvalue weighted by atomic mass is 10.1. The van der Waals surface area contributed by atoms with E-state index in [0.717, 1.165) is 5.56 Å². The van der Waals surface area contributed by atoms with Crippen LogP contribution in [0.5, 0.6) is 0 Å². The second kappa shape index (κ2) is 5.58. The van der Waals surface area contributed by atoms with E-state index in [4.69, 9.17) is 5.11 Å². The van der Waals surface area contributed by atoms with Crippen LogP contribution in [0.4, 0.5) is 5.69 Å². The molecule has 1 rings (SSSR count). The van der Waals surface area contributed by atoms with Crippen LogP contribution in [0.3, 0.4) is 0 Å². The Hall–Kier alpha value is -1.46. The zero-order valence-corrected chi connectivity index (χ0v) is 9.43. The third-order valence-corrected chi connectivity index (χ3v) is 2.39. The van der Waals surface area contributed by atoms with Crippen molar-refractivity contribution < 1.29 is 10.0 Å². The molecule has 2 N–H and O–H groups in total. The van der Waals surface area contributed by atoms with E-state index in [1.165, 1.54) is 6.07 Å². The Morgan fingerprint density at radius 3 is 2.75 bits per heavy atom. The third-order valence-electron chi connectivity index (χ3n) is 2.39. The van der Waals surface area contributed by atoms with E-state index in [0.29, 0.717) is 12.1 Å². The van der Waals surface area contributed by atoms with Crippen molar-refractivity contribution in [3.8, 4) is 0 Å². The number of nitro benzene ring substituents is 1. The summed E-state index contributed by atoms with van der Waals surface area (Å²) >= 11 is 0. The molecule has 5 nitrogen and oxygen atoms in total. The molecule has 0 aliphatic carbocycles. The molecule has 0 saturated carbocycles. The van der Waals surface area contributed by atoms with Crippen molar-refractivity contribution >= 4 is 5.69 Å². The van der Waals surface area contributed by atoms with E-state index in [2.05, 4.69) is 5.32 Å². The number of nitrogens with zero attached hydrogens (tertiary/aromatic N) is 1. The highest BCUT2D eigenvalue weighted by Gasteiger charge is 2.10. The molecule has 1 aromatic rings. The molecule has 5 heteroatoms. The number of aliphatic hydroxyl groups is 1. The minimum Gasteiger partial charge on any atom is -0.395 e. The number of aliphatic hydroxyl groups excluding tert-OH is 1. The van der Waals surface area contributed by atoms with Gasteiger partial charge in [-0.05, 0) is 25.5 Å². The topological polar surface area (TPSA) is 75.4 Å². The molecule has 0 saturated heterocycles. The van der Waals surface area contributed by atoms with Gasteiger partial charge in [-0.15, -0.1) is 0 Å². The Morgan fingerprint density at radius 2 is 2.25 bits per heavy atom. The summed E-state index contributed by atoms with van der Waals surface area (Å²) in [6, 6.07) is 5.04. The molecule has 88 valence electrons. The lowest BCUT2D eigenvalue weighted by Crippen LogP contribution is -2.28. The summed E-state index contributed by atoms with van der Waals surface area (Å²) in [5, 5.41) is 22.5. The molecule has 0 radical (unpaired) electrons. The summed E-state index contributed by atoms with van der Waals surface area (Å²) in [4.78, 5) is 10.2. The highest BCUT2D eigenvalue weighted by atomic mass is 16.6. The Bertz CT molecular complexity index is 379. The summed E-state index contributed by atoms with van der Waals surface area (Å²) < 4.78 is 0. The van der Waals surface area contributed by atoms with Crippen molar-refractivity contribution in [2.75, 3.05) is 6.61 Å². The predicted octanol–water partition coefficient (Wildman–Crippen LogP) is 1.37. The SMILES string of the molecule is Cc1cc(CN[C@@H](C)CO)ccc1[N+](=O)[O-]. The Labute approximate surface area is 94.3 Å². The Balaban J connectivity index is 2.70. The number of benzene rings is 1. The average Bonchev–Trinajstić information content (AvgIpc) is 2.25. The van der Waals surface area contributed by atoms with Gasteiger partial charge in [0.2, 0.25) is 0 Å². The van der Waals surface area contributed by atoms with Gasteiger partial charge < -0.3 is 10.4 Å². The monoisotopic (exact) mass is 224 g/mol. The van der Waals surface area contributed by atoms with E-state index in [1.54, 1.807) is 19.1 Å². The van der Waals surface area contributed by atoms with Crippen LogP contribution in [-0.2, 0) is 6.54 Å². The number of rotatable bonds is 5. The summed E-state index contributed by atoms with van der Waals surface area (Å²) in [6.07, 6.45) is 0. The van der Waals surface area contributed by atoms with Crippen LogP contribution in [0.25, 0.3) is 0 Å². The van der Waals surface area contributed by atoms with Crippen molar-refractivity contribution in [2.24, 2.45) is 0 Å². The molecule has 1 aromatic carbocycles. The van der Waals surface area contributed by atoms with Crippen molar-refractivity contribution in [3.63, 3.8) is 0 Å². The predicted molar refractivity (Wildman–Crippen MR) is 61.2 cm³/mol. The van der Waals surface area contributed by atoms with Crippen molar-refractivity contribution in [1.29, 1.82) is 0 Å². The highest BCUT2D eigenvalue weighted by molar-refractivity contribution is 5.41. The van der Waals surface area contributed by atoms with Gasteiger partial charge in [-0.2, -0.15) is 0 Å². The van der Waals surface area contributed by atoms with E-state index in [-0.39, 0.29) is 23.3 Å². The van der Waals surface area contributed by atoms with Crippen LogP contribution < -0.4 is 5.32 Å². The van der Waals surface area contributed by atoms with Gasteiger partial charge in [0.05, 0.1) is 11.5 Å². The van der Waals surface area contributed by atoms with Gasteiger partial charge in [0, 0.05) is 24.2 Å². The maximum atomic E-state index is 10.6. The maximum Gasteiger partial charge on any atom is 0.272 e. The summed E-state index contributed by atoms with van der Waals surface area (Å²) in [5.74, 6) is 0. The average molecular weight is 224 g/mol. The zero-order valence-electron chi connectivity index (χ0n) is 9.43. The first-order chi connectivity index (χ1) is 7.54. The van der Waals surface area contributed by atoms with Crippen LogP contribution in [-0.4, -0.2) is 22.7 Å². The molecule has 0 fully saturated rings. The minimum absolute atomic E-state index is 0.0236. The van der Waals surface area contributed by atoms with Crippen LogP contribution in [0.15, 0.2) is 18.2 Å². The van der Waals surface area contributed by atoms with Gasteiger partial charge in [0.25, 0.3) is 5.69 Å². The largest absolute Gasteiger partial charge is 0.395 e. The van der Waals surface area contributed by atoms with Gasteiger partial charge in [-0.25, -0.2) is 0 Å². The molecule has 16 heavy (non-hydrogen) atoms. The normalized spacial score (nSPS) is 12.4. The van der Waals surface area contributed by atoms with E-state index in [9.17, 15) is 10.1 Å². The lowest BCUT2D eigenvalue weighted by Gasteiger charge is -2.10. The summed E-state index contributed by atoms with van der Waals surface area (Å²) in [6.45, 7) is 4.27. The Kier molecular flexibility index (Phi) is 4.39. The number of hydrogen-bond donors (Lipinski definition) is 2. The van der Waals surface area contributed by atoms with Gasteiger partial charge in [-0.1, -0.05) is 6.07 Å². The molecule has 0 heterocycles. The van der Waals surface area contributed by atoms with Gasteiger partial charge in [0.15, 0.2) is 0 Å². The third kappa shape index (κ3) is 3.29. The standard InChI is InChI=1S/C11H16N2O3/c1-8-5-10(6-12-9(2)7-14)3-4-11(8)13(15)16/h3-5,9,12,14H,6-7H2,1-2H3/t9-/m0/s1. The van der Waals surface area contributed by atoms with E-state index < -0.39 is 0 Å². The molecule has 0 aliphatic heterocycles. The molecule has 0 bridgehead atoms. The van der Waals surface area contributed by atoms with Crippen LogP contribution in [0.1, 0.15) is 18.1 Å². The fourth-order valence-corrected chi connectivity index (χ4v) is 1.39. The summed E-state index contributed by atoms with van der Waals surface area (Å²) in [7, 11) is 0. The molecule has 0 amide bonds.